The van der Waals surface area contributed by atoms with Crippen LogP contribution >= 0.6 is 15.9 Å². The Morgan fingerprint density at radius 3 is 2.69 bits per heavy atom. The average Bonchev–Trinajstić information content (AvgIpc) is 2.30. The Hall–Kier alpha value is -0.340. The van der Waals surface area contributed by atoms with Gasteiger partial charge in [-0.1, -0.05) is 45.8 Å². The van der Waals surface area contributed by atoms with Gasteiger partial charge in [0.05, 0.1) is 0 Å². The first-order chi connectivity index (χ1) is 7.74. The second-order valence-corrected chi connectivity index (χ2v) is 5.47. The van der Waals surface area contributed by atoms with Crippen molar-refractivity contribution in [2.45, 2.75) is 26.2 Å². The zero-order chi connectivity index (χ0) is 11.4. The first-order valence-corrected chi connectivity index (χ1v) is 7.06. The third-order valence-corrected chi connectivity index (χ3v) is 4.69. The van der Waals surface area contributed by atoms with E-state index in [4.69, 9.17) is 4.74 Å². The minimum Gasteiger partial charge on any atom is -0.381 e. The summed E-state index contributed by atoms with van der Waals surface area (Å²) in [6.45, 7) is 3.99. The SMILES string of the molecule is Cc1cccc(CC2(CBr)CCOCC2)c1. The van der Waals surface area contributed by atoms with Gasteiger partial charge in [0.25, 0.3) is 0 Å². The zero-order valence-electron chi connectivity index (χ0n) is 9.84. The molecule has 0 atom stereocenters. The Balaban J connectivity index is 2.11. The van der Waals surface area contributed by atoms with Gasteiger partial charge in [-0.2, -0.15) is 0 Å². The first kappa shape index (κ1) is 12.1. The van der Waals surface area contributed by atoms with Gasteiger partial charge < -0.3 is 4.74 Å². The fraction of sp³-hybridized carbons (Fsp3) is 0.571. The molecular weight excluding hydrogens is 264 g/mol. The number of benzene rings is 1. The highest BCUT2D eigenvalue weighted by Crippen LogP contribution is 2.36. The molecule has 0 aromatic heterocycles. The van der Waals surface area contributed by atoms with Crippen LogP contribution in [0.1, 0.15) is 24.0 Å². The largest absolute Gasteiger partial charge is 0.381 e. The summed E-state index contributed by atoms with van der Waals surface area (Å²) in [5.41, 5.74) is 3.22. The lowest BCUT2D eigenvalue weighted by molar-refractivity contribution is 0.0270. The highest BCUT2D eigenvalue weighted by Gasteiger charge is 2.31. The van der Waals surface area contributed by atoms with Crippen molar-refractivity contribution < 1.29 is 4.74 Å². The van der Waals surface area contributed by atoms with Crippen molar-refractivity contribution in [3.05, 3.63) is 35.4 Å². The first-order valence-electron chi connectivity index (χ1n) is 5.93. The zero-order valence-corrected chi connectivity index (χ0v) is 11.4. The van der Waals surface area contributed by atoms with E-state index in [1.165, 1.54) is 30.4 Å². The van der Waals surface area contributed by atoms with Crippen LogP contribution in [0.3, 0.4) is 0 Å². The van der Waals surface area contributed by atoms with Crippen LogP contribution < -0.4 is 0 Å². The van der Waals surface area contributed by atoms with Crippen LogP contribution in [0.4, 0.5) is 0 Å². The molecule has 0 bridgehead atoms. The molecule has 2 heteroatoms. The molecule has 1 aromatic carbocycles. The quantitative estimate of drug-likeness (QED) is 0.768. The van der Waals surface area contributed by atoms with E-state index in [0.29, 0.717) is 5.41 Å². The lowest BCUT2D eigenvalue weighted by Gasteiger charge is -2.35. The molecule has 1 fully saturated rings. The van der Waals surface area contributed by atoms with Gasteiger partial charge in [0, 0.05) is 18.5 Å². The van der Waals surface area contributed by atoms with Crippen LogP contribution in [0.25, 0.3) is 0 Å². The van der Waals surface area contributed by atoms with E-state index in [1.807, 2.05) is 0 Å². The number of halogens is 1. The van der Waals surface area contributed by atoms with Gasteiger partial charge in [0.2, 0.25) is 0 Å². The normalized spacial score (nSPS) is 19.6. The molecule has 88 valence electrons. The summed E-state index contributed by atoms with van der Waals surface area (Å²) in [4.78, 5) is 0. The minimum atomic E-state index is 0.409. The van der Waals surface area contributed by atoms with Crippen LogP contribution in [-0.4, -0.2) is 18.5 Å². The molecule has 0 unspecified atom stereocenters. The maximum Gasteiger partial charge on any atom is 0.0471 e. The molecule has 1 nitrogen and oxygen atoms in total. The van der Waals surface area contributed by atoms with E-state index >= 15 is 0 Å². The summed E-state index contributed by atoms with van der Waals surface area (Å²) < 4.78 is 5.47. The van der Waals surface area contributed by atoms with Gasteiger partial charge in [0.15, 0.2) is 0 Å². The molecular formula is C14H19BrO. The van der Waals surface area contributed by atoms with E-state index in [-0.39, 0.29) is 0 Å². The molecule has 1 heterocycles. The van der Waals surface area contributed by atoms with Gasteiger partial charge in [0.1, 0.15) is 0 Å². The summed E-state index contributed by atoms with van der Waals surface area (Å²) >= 11 is 3.69. The second kappa shape index (κ2) is 5.33. The molecule has 1 aliphatic rings. The Labute approximate surface area is 106 Å². The summed E-state index contributed by atoms with van der Waals surface area (Å²) in [6.07, 6.45) is 3.52. The molecule has 1 saturated heterocycles. The van der Waals surface area contributed by atoms with Crippen LogP contribution in [0, 0.1) is 12.3 Å². The molecule has 16 heavy (non-hydrogen) atoms. The average molecular weight is 283 g/mol. The van der Waals surface area contributed by atoms with E-state index in [2.05, 4.69) is 47.1 Å². The molecule has 0 radical (unpaired) electrons. The van der Waals surface area contributed by atoms with Gasteiger partial charge >= 0.3 is 0 Å². The topological polar surface area (TPSA) is 9.23 Å². The Kier molecular flexibility index (Phi) is 4.04. The summed E-state index contributed by atoms with van der Waals surface area (Å²) in [5.74, 6) is 0. The van der Waals surface area contributed by atoms with Crippen molar-refractivity contribution in [3.8, 4) is 0 Å². The predicted molar refractivity (Wildman–Crippen MR) is 71.2 cm³/mol. The van der Waals surface area contributed by atoms with Crippen molar-refractivity contribution >= 4 is 15.9 Å². The highest BCUT2D eigenvalue weighted by molar-refractivity contribution is 9.09. The number of hydrogen-bond acceptors (Lipinski definition) is 1. The fourth-order valence-electron chi connectivity index (χ4n) is 2.42. The van der Waals surface area contributed by atoms with Crippen molar-refractivity contribution in [3.63, 3.8) is 0 Å². The number of hydrogen-bond donors (Lipinski definition) is 0. The standard InChI is InChI=1S/C14H19BrO/c1-12-3-2-4-13(9-12)10-14(11-15)5-7-16-8-6-14/h2-4,9H,5-8,10-11H2,1H3. The van der Waals surface area contributed by atoms with Crippen molar-refractivity contribution in [2.75, 3.05) is 18.5 Å². The molecule has 0 spiro atoms. The van der Waals surface area contributed by atoms with Crippen molar-refractivity contribution in [2.24, 2.45) is 5.41 Å². The second-order valence-electron chi connectivity index (χ2n) is 4.91. The van der Waals surface area contributed by atoms with Crippen LogP contribution in [0.5, 0.6) is 0 Å². The maximum atomic E-state index is 5.47. The van der Waals surface area contributed by atoms with E-state index in [9.17, 15) is 0 Å². The monoisotopic (exact) mass is 282 g/mol. The number of alkyl halides is 1. The Morgan fingerprint density at radius 2 is 2.06 bits per heavy atom. The minimum absolute atomic E-state index is 0.409. The number of rotatable bonds is 3. The predicted octanol–water partition coefficient (Wildman–Crippen LogP) is 3.73. The Morgan fingerprint density at radius 1 is 1.31 bits per heavy atom. The molecule has 0 amide bonds. The van der Waals surface area contributed by atoms with Crippen molar-refractivity contribution in [1.82, 2.24) is 0 Å². The Bertz CT molecular complexity index is 342. The molecule has 0 saturated carbocycles. The van der Waals surface area contributed by atoms with Crippen molar-refractivity contribution in [1.29, 1.82) is 0 Å². The fourth-order valence-corrected chi connectivity index (χ4v) is 3.18. The van der Waals surface area contributed by atoms with Crippen LogP contribution in [0.15, 0.2) is 24.3 Å². The van der Waals surface area contributed by atoms with Gasteiger partial charge in [-0.3, -0.25) is 0 Å². The van der Waals surface area contributed by atoms with Crippen LogP contribution in [0.2, 0.25) is 0 Å². The molecule has 1 aromatic rings. The molecule has 1 aliphatic heterocycles. The third kappa shape index (κ3) is 2.86. The van der Waals surface area contributed by atoms with Crippen LogP contribution in [-0.2, 0) is 11.2 Å². The smallest absolute Gasteiger partial charge is 0.0471 e. The summed E-state index contributed by atoms with van der Waals surface area (Å²) in [5, 5.41) is 1.08. The highest BCUT2D eigenvalue weighted by atomic mass is 79.9. The van der Waals surface area contributed by atoms with E-state index in [1.54, 1.807) is 0 Å². The third-order valence-electron chi connectivity index (χ3n) is 3.50. The molecule has 2 rings (SSSR count). The van der Waals surface area contributed by atoms with Gasteiger partial charge in [-0.25, -0.2) is 0 Å². The van der Waals surface area contributed by atoms with Gasteiger partial charge in [-0.15, -0.1) is 0 Å². The molecule has 0 aliphatic carbocycles. The van der Waals surface area contributed by atoms with E-state index < -0.39 is 0 Å². The summed E-state index contributed by atoms with van der Waals surface area (Å²) in [7, 11) is 0. The maximum absolute atomic E-state index is 5.47. The van der Waals surface area contributed by atoms with Gasteiger partial charge in [-0.05, 0) is 37.2 Å². The number of ether oxygens (including phenoxy) is 1. The lowest BCUT2D eigenvalue weighted by atomic mass is 9.77. The number of aryl methyl sites for hydroxylation is 1. The lowest BCUT2D eigenvalue weighted by Crippen LogP contribution is -2.33. The summed E-state index contributed by atoms with van der Waals surface area (Å²) in [6, 6.07) is 8.87. The molecule has 0 N–H and O–H groups in total. The van der Waals surface area contributed by atoms with E-state index in [0.717, 1.165) is 18.5 Å².